The van der Waals surface area contributed by atoms with Crippen molar-refractivity contribution in [3.63, 3.8) is 0 Å². The molecular formula is C10H16N2O2S. The second kappa shape index (κ2) is 5.70. The van der Waals surface area contributed by atoms with Crippen LogP contribution in [0.5, 0.6) is 0 Å². The Kier molecular flexibility index (Phi) is 4.55. The Morgan fingerprint density at radius 3 is 2.93 bits per heavy atom. The van der Waals surface area contributed by atoms with Crippen LogP contribution in [0.25, 0.3) is 0 Å². The minimum Gasteiger partial charge on any atom is -0.468 e. The van der Waals surface area contributed by atoms with Gasteiger partial charge in [0.1, 0.15) is 11.6 Å². The maximum Gasteiger partial charge on any atom is 0.140 e. The number of hydrogen-bond donors (Lipinski definition) is 2. The molecule has 0 aliphatic carbocycles. The van der Waals surface area contributed by atoms with Crippen LogP contribution >= 0.6 is 11.8 Å². The molecular weight excluding hydrogens is 212 g/mol. The molecule has 5 heteroatoms. The average Bonchev–Trinajstić information content (AvgIpc) is 2.63. The number of nitrogens with two attached hydrogens (primary N) is 1. The van der Waals surface area contributed by atoms with E-state index in [1.165, 1.54) is 0 Å². The Hall–Kier alpha value is -1.10. The lowest BCUT2D eigenvalue weighted by Gasteiger charge is -2.12. The summed E-state index contributed by atoms with van der Waals surface area (Å²) in [7, 11) is 0. The zero-order chi connectivity index (χ0) is 11.3. The Labute approximate surface area is 93.5 Å². The van der Waals surface area contributed by atoms with Crippen LogP contribution in [0.1, 0.15) is 25.5 Å². The molecule has 1 unspecified atom stereocenters. The molecule has 0 aliphatic heterocycles. The molecule has 0 fully saturated rings. The van der Waals surface area contributed by atoms with Crippen LogP contribution in [-0.4, -0.2) is 16.3 Å². The van der Waals surface area contributed by atoms with Gasteiger partial charge in [-0.1, -0.05) is 12.1 Å². The van der Waals surface area contributed by atoms with Gasteiger partial charge in [0.2, 0.25) is 0 Å². The summed E-state index contributed by atoms with van der Waals surface area (Å²) in [6, 6.07) is 1.94. The van der Waals surface area contributed by atoms with Gasteiger partial charge in [0.05, 0.1) is 6.26 Å². The van der Waals surface area contributed by atoms with E-state index in [0.717, 1.165) is 17.1 Å². The largest absolute Gasteiger partial charge is 0.468 e. The van der Waals surface area contributed by atoms with E-state index >= 15 is 0 Å². The molecule has 1 heterocycles. The Morgan fingerprint density at radius 1 is 1.73 bits per heavy atom. The lowest BCUT2D eigenvalue weighted by Crippen LogP contribution is -2.18. The first-order valence-electron chi connectivity index (χ1n) is 4.84. The first-order valence-corrected chi connectivity index (χ1v) is 5.72. The fourth-order valence-corrected chi connectivity index (χ4v) is 2.35. The third kappa shape index (κ3) is 3.51. The predicted octanol–water partition coefficient (Wildman–Crippen LogP) is 2.60. The number of amidine groups is 1. The molecule has 0 bridgehead atoms. The van der Waals surface area contributed by atoms with E-state index in [2.05, 4.69) is 12.1 Å². The summed E-state index contributed by atoms with van der Waals surface area (Å²) in [5.41, 5.74) is 5.48. The SMILES string of the molecule is CCC(C/C(N)=N/O)Sc1ccoc1C. The van der Waals surface area contributed by atoms with E-state index in [-0.39, 0.29) is 5.84 Å². The minimum absolute atomic E-state index is 0.274. The van der Waals surface area contributed by atoms with Gasteiger partial charge in [0, 0.05) is 16.6 Å². The molecule has 1 aromatic heterocycles. The maximum atomic E-state index is 8.50. The van der Waals surface area contributed by atoms with Gasteiger partial charge in [-0.2, -0.15) is 0 Å². The number of nitrogens with zero attached hydrogens (tertiary/aromatic N) is 1. The van der Waals surface area contributed by atoms with Gasteiger partial charge in [0.25, 0.3) is 0 Å². The van der Waals surface area contributed by atoms with Gasteiger partial charge in [-0.25, -0.2) is 0 Å². The lowest BCUT2D eigenvalue weighted by molar-refractivity contribution is 0.316. The molecule has 0 aliphatic rings. The summed E-state index contributed by atoms with van der Waals surface area (Å²) < 4.78 is 5.21. The third-order valence-electron chi connectivity index (χ3n) is 2.13. The number of aryl methyl sites for hydroxylation is 1. The van der Waals surface area contributed by atoms with Gasteiger partial charge in [0.15, 0.2) is 0 Å². The lowest BCUT2D eigenvalue weighted by atomic mass is 10.2. The van der Waals surface area contributed by atoms with Crippen LogP contribution < -0.4 is 5.73 Å². The van der Waals surface area contributed by atoms with Crippen molar-refractivity contribution in [1.82, 2.24) is 0 Å². The van der Waals surface area contributed by atoms with E-state index < -0.39 is 0 Å². The van der Waals surface area contributed by atoms with Crippen molar-refractivity contribution in [2.45, 2.75) is 36.8 Å². The first kappa shape index (κ1) is 12.0. The topological polar surface area (TPSA) is 71.8 Å². The molecule has 15 heavy (non-hydrogen) atoms. The summed E-state index contributed by atoms with van der Waals surface area (Å²) in [6.07, 6.45) is 3.22. The number of thioether (sulfide) groups is 1. The van der Waals surface area contributed by atoms with Crippen molar-refractivity contribution in [3.8, 4) is 0 Å². The van der Waals surface area contributed by atoms with Crippen molar-refractivity contribution in [3.05, 3.63) is 18.1 Å². The second-order valence-corrected chi connectivity index (χ2v) is 4.63. The summed E-state index contributed by atoms with van der Waals surface area (Å²) >= 11 is 1.70. The van der Waals surface area contributed by atoms with E-state index in [4.69, 9.17) is 15.4 Å². The molecule has 0 radical (unpaired) electrons. The fraction of sp³-hybridized carbons (Fsp3) is 0.500. The smallest absolute Gasteiger partial charge is 0.140 e. The summed E-state index contributed by atoms with van der Waals surface area (Å²) in [5.74, 6) is 1.19. The van der Waals surface area contributed by atoms with Crippen LogP contribution in [0.15, 0.2) is 26.8 Å². The highest BCUT2D eigenvalue weighted by atomic mass is 32.2. The molecule has 1 atom stereocenters. The summed E-state index contributed by atoms with van der Waals surface area (Å²) in [5, 5.41) is 11.8. The van der Waals surface area contributed by atoms with Gasteiger partial charge < -0.3 is 15.4 Å². The van der Waals surface area contributed by atoms with Gasteiger partial charge >= 0.3 is 0 Å². The molecule has 0 amide bonds. The molecule has 0 saturated heterocycles. The quantitative estimate of drug-likeness (QED) is 0.267. The zero-order valence-electron chi connectivity index (χ0n) is 8.93. The monoisotopic (exact) mass is 228 g/mol. The fourth-order valence-electron chi connectivity index (χ4n) is 1.22. The van der Waals surface area contributed by atoms with Crippen LogP contribution in [-0.2, 0) is 0 Å². The van der Waals surface area contributed by atoms with Crippen LogP contribution in [0.3, 0.4) is 0 Å². The highest BCUT2D eigenvalue weighted by Gasteiger charge is 2.13. The number of rotatable bonds is 5. The second-order valence-electron chi connectivity index (χ2n) is 3.28. The Balaban J connectivity index is 2.58. The van der Waals surface area contributed by atoms with Gasteiger partial charge in [-0.15, -0.1) is 11.8 Å². The highest BCUT2D eigenvalue weighted by molar-refractivity contribution is 8.00. The standard InChI is InChI=1S/C10H16N2O2S/c1-3-8(6-10(11)12-13)15-9-4-5-14-7(9)2/h4-5,8,13H,3,6H2,1-2H3,(H2,11,12). The molecule has 3 N–H and O–H groups in total. The summed E-state index contributed by atoms with van der Waals surface area (Å²) in [6.45, 7) is 4.01. The molecule has 1 aromatic rings. The van der Waals surface area contributed by atoms with Crippen molar-refractivity contribution in [2.75, 3.05) is 0 Å². The molecule has 0 spiro atoms. The minimum atomic E-state index is 0.274. The highest BCUT2D eigenvalue weighted by Crippen LogP contribution is 2.30. The Bertz CT molecular complexity index is 336. The molecule has 4 nitrogen and oxygen atoms in total. The van der Waals surface area contributed by atoms with Crippen molar-refractivity contribution < 1.29 is 9.62 Å². The molecule has 1 rings (SSSR count). The number of oxime groups is 1. The third-order valence-corrected chi connectivity index (χ3v) is 3.64. The van der Waals surface area contributed by atoms with Crippen LogP contribution in [0.4, 0.5) is 0 Å². The van der Waals surface area contributed by atoms with E-state index in [1.807, 2.05) is 13.0 Å². The number of hydrogen-bond acceptors (Lipinski definition) is 4. The number of furan rings is 1. The van der Waals surface area contributed by atoms with E-state index in [9.17, 15) is 0 Å². The van der Waals surface area contributed by atoms with Crippen LogP contribution in [0, 0.1) is 6.92 Å². The normalized spacial score (nSPS) is 14.1. The molecule has 0 aromatic carbocycles. The maximum absolute atomic E-state index is 8.50. The molecule has 0 saturated carbocycles. The van der Waals surface area contributed by atoms with Crippen molar-refractivity contribution >= 4 is 17.6 Å². The van der Waals surface area contributed by atoms with E-state index in [1.54, 1.807) is 18.0 Å². The zero-order valence-corrected chi connectivity index (χ0v) is 9.75. The predicted molar refractivity (Wildman–Crippen MR) is 61.4 cm³/mol. The van der Waals surface area contributed by atoms with Gasteiger partial charge in [-0.3, -0.25) is 0 Å². The van der Waals surface area contributed by atoms with Crippen molar-refractivity contribution in [1.29, 1.82) is 0 Å². The van der Waals surface area contributed by atoms with Crippen LogP contribution in [0.2, 0.25) is 0 Å². The first-order chi connectivity index (χ1) is 7.17. The molecule has 84 valence electrons. The van der Waals surface area contributed by atoms with E-state index in [0.29, 0.717) is 11.7 Å². The summed E-state index contributed by atoms with van der Waals surface area (Å²) in [4.78, 5) is 1.12. The Morgan fingerprint density at radius 2 is 2.47 bits per heavy atom. The average molecular weight is 228 g/mol. The van der Waals surface area contributed by atoms with Gasteiger partial charge in [-0.05, 0) is 19.4 Å². The van der Waals surface area contributed by atoms with Crippen molar-refractivity contribution in [2.24, 2.45) is 10.9 Å².